The van der Waals surface area contributed by atoms with Gasteiger partial charge in [-0.05, 0) is 26.8 Å². The van der Waals surface area contributed by atoms with Crippen molar-refractivity contribution < 1.29 is 0 Å². The maximum Gasteiger partial charge on any atom is 0.0218 e. The van der Waals surface area contributed by atoms with E-state index in [4.69, 9.17) is 5.73 Å². The fourth-order valence-corrected chi connectivity index (χ4v) is 1.48. The summed E-state index contributed by atoms with van der Waals surface area (Å²) in [6.45, 7) is 3.08. The topological polar surface area (TPSA) is 29.3 Å². The van der Waals surface area contributed by atoms with Gasteiger partial charge in [0, 0.05) is 18.6 Å². The molecule has 0 unspecified atom stereocenters. The fourth-order valence-electron chi connectivity index (χ4n) is 1.48. The quantitative estimate of drug-likeness (QED) is 0.555. The highest BCUT2D eigenvalue weighted by atomic mass is 15.2. The lowest BCUT2D eigenvalue weighted by molar-refractivity contribution is 0.258. The van der Waals surface area contributed by atoms with Crippen LogP contribution in [-0.4, -0.2) is 30.6 Å². The second-order valence-electron chi connectivity index (χ2n) is 2.98. The van der Waals surface area contributed by atoms with Gasteiger partial charge in [0.2, 0.25) is 0 Å². The van der Waals surface area contributed by atoms with Crippen molar-refractivity contribution in [3.8, 4) is 0 Å². The van der Waals surface area contributed by atoms with Crippen LogP contribution >= 0.6 is 0 Å². The number of hydrogen-bond acceptors (Lipinski definition) is 2. The van der Waals surface area contributed by atoms with Crippen LogP contribution < -0.4 is 5.73 Å². The highest BCUT2D eigenvalue weighted by molar-refractivity contribution is 4.82. The summed E-state index contributed by atoms with van der Waals surface area (Å²) in [5.74, 6) is 0. The van der Waals surface area contributed by atoms with Crippen LogP contribution in [0.3, 0.4) is 0 Å². The van der Waals surface area contributed by atoms with Crippen LogP contribution in [0.5, 0.6) is 0 Å². The average Bonchev–Trinajstić information content (AvgIpc) is 2.15. The number of nitrogens with two attached hydrogens (primary N) is 1. The first kappa shape index (κ1) is 7.03. The highest BCUT2D eigenvalue weighted by Crippen LogP contribution is 2.20. The second-order valence-corrected chi connectivity index (χ2v) is 2.98. The van der Waals surface area contributed by atoms with Crippen molar-refractivity contribution in [2.24, 2.45) is 5.73 Å². The molecule has 0 aromatic rings. The molecule has 9 heavy (non-hydrogen) atoms. The molecule has 0 spiro atoms. The smallest absolute Gasteiger partial charge is 0.0218 e. The summed E-state index contributed by atoms with van der Waals surface area (Å²) in [5.41, 5.74) is 5.54. The van der Waals surface area contributed by atoms with Gasteiger partial charge in [-0.15, -0.1) is 0 Å². The summed E-state index contributed by atoms with van der Waals surface area (Å²) in [4.78, 5) is 2.38. The van der Waals surface area contributed by atoms with Crippen LogP contribution in [0.15, 0.2) is 0 Å². The Balaban J connectivity index is 2.41. The van der Waals surface area contributed by atoms with Gasteiger partial charge in [-0.1, -0.05) is 0 Å². The lowest BCUT2D eigenvalue weighted by Gasteiger charge is -2.21. The minimum absolute atomic E-state index is 0.653. The molecule has 1 saturated heterocycles. The normalized spacial score (nSPS) is 37.7. The second kappa shape index (κ2) is 2.67. The van der Waals surface area contributed by atoms with Crippen molar-refractivity contribution in [3.63, 3.8) is 0 Å². The Kier molecular flexibility index (Phi) is 2.09. The predicted octanol–water partition coefficient (Wildman–Crippen LogP) is 0.428. The molecule has 2 atom stereocenters. The molecular weight excluding hydrogens is 112 g/mol. The van der Waals surface area contributed by atoms with Gasteiger partial charge in [-0.25, -0.2) is 0 Å². The molecule has 0 amide bonds. The standard InChI is InChI=1S/C7H16N2/c1-6-3-4-7(5-8)9(6)2/h6-7H,3-5,8H2,1-2H3/t6-,7-/m0/s1. The molecule has 1 aliphatic rings. The molecule has 1 aliphatic heterocycles. The van der Waals surface area contributed by atoms with E-state index in [0.717, 1.165) is 12.6 Å². The Hall–Kier alpha value is -0.0800. The van der Waals surface area contributed by atoms with E-state index in [1.165, 1.54) is 12.8 Å². The molecule has 1 rings (SSSR count). The maximum atomic E-state index is 5.54. The zero-order chi connectivity index (χ0) is 6.85. The van der Waals surface area contributed by atoms with Gasteiger partial charge in [0.1, 0.15) is 0 Å². The Bertz CT molecular complexity index is 92.9. The molecular formula is C7H16N2. The molecule has 0 aromatic carbocycles. The van der Waals surface area contributed by atoms with Gasteiger partial charge in [-0.2, -0.15) is 0 Å². The van der Waals surface area contributed by atoms with E-state index >= 15 is 0 Å². The van der Waals surface area contributed by atoms with Crippen molar-refractivity contribution in [1.29, 1.82) is 0 Å². The minimum Gasteiger partial charge on any atom is -0.329 e. The lowest BCUT2D eigenvalue weighted by atomic mass is 10.2. The molecule has 2 nitrogen and oxygen atoms in total. The Morgan fingerprint density at radius 1 is 1.56 bits per heavy atom. The molecule has 1 fully saturated rings. The Morgan fingerprint density at radius 3 is 2.44 bits per heavy atom. The van der Waals surface area contributed by atoms with E-state index in [1.807, 2.05) is 0 Å². The third-order valence-corrected chi connectivity index (χ3v) is 2.46. The molecule has 0 bridgehead atoms. The SMILES string of the molecule is C[C@H]1CC[C@@H](CN)N1C. The molecule has 0 radical (unpaired) electrons. The summed E-state index contributed by atoms with van der Waals surface area (Å²) in [6.07, 6.45) is 2.60. The van der Waals surface area contributed by atoms with E-state index in [2.05, 4.69) is 18.9 Å². The summed E-state index contributed by atoms with van der Waals surface area (Å²) < 4.78 is 0. The number of likely N-dealkylation sites (tertiary alicyclic amines) is 1. The van der Waals surface area contributed by atoms with Crippen LogP contribution in [-0.2, 0) is 0 Å². The highest BCUT2D eigenvalue weighted by Gasteiger charge is 2.25. The van der Waals surface area contributed by atoms with Crippen molar-refractivity contribution >= 4 is 0 Å². The van der Waals surface area contributed by atoms with E-state index < -0.39 is 0 Å². The molecule has 0 aromatic heterocycles. The van der Waals surface area contributed by atoms with Crippen molar-refractivity contribution in [2.45, 2.75) is 31.8 Å². The van der Waals surface area contributed by atoms with Gasteiger partial charge >= 0.3 is 0 Å². The van der Waals surface area contributed by atoms with Gasteiger partial charge in [0.25, 0.3) is 0 Å². The first-order chi connectivity index (χ1) is 4.25. The minimum atomic E-state index is 0.653. The molecule has 0 saturated carbocycles. The largest absolute Gasteiger partial charge is 0.329 e. The summed E-state index contributed by atoms with van der Waals surface area (Å²) >= 11 is 0. The van der Waals surface area contributed by atoms with E-state index in [0.29, 0.717) is 6.04 Å². The van der Waals surface area contributed by atoms with E-state index in [-0.39, 0.29) is 0 Å². The molecule has 0 aliphatic carbocycles. The fraction of sp³-hybridized carbons (Fsp3) is 1.00. The third-order valence-electron chi connectivity index (χ3n) is 2.46. The number of rotatable bonds is 1. The van der Waals surface area contributed by atoms with Crippen molar-refractivity contribution in [1.82, 2.24) is 4.90 Å². The molecule has 1 heterocycles. The lowest BCUT2D eigenvalue weighted by Crippen LogP contribution is -2.35. The molecule has 2 N–H and O–H groups in total. The maximum absolute atomic E-state index is 5.54. The average molecular weight is 128 g/mol. The van der Waals surface area contributed by atoms with Crippen molar-refractivity contribution in [3.05, 3.63) is 0 Å². The van der Waals surface area contributed by atoms with Crippen LogP contribution in [0.4, 0.5) is 0 Å². The third kappa shape index (κ3) is 1.25. The summed E-state index contributed by atoms with van der Waals surface area (Å²) in [5, 5.41) is 0. The zero-order valence-corrected chi connectivity index (χ0v) is 6.30. The van der Waals surface area contributed by atoms with Crippen LogP contribution in [0.2, 0.25) is 0 Å². The van der Waals surface area contributed by atoms with Gasteiger partial charge in [0.05, 0.1) is 0 Å². The van der Waals surface area contributed by atoms with Gasteiger partial charge in [-0.3, -0.25) is 4.90 Å². The summed E-state index contributed by atoms with van der Waals surface area (Å²) in [6, 6.07) is 1.40. The Labute approximate surface area is 57.0 Å². The van der Waals surface area contributed by atoms with Crippen LogP contribution in [0, 0.1) is 0 Å². The first-order valence-electron chi connectivity index (χ1n) is 3.67. The molecule has 54 valence electrons. The number of likely N-dealkylation sites (N-methyl/N-ethyl adjacent to an activating group) is 1. The van der Waals surface area contributed by atoms with Crippen LogP contribution in [0.1, 0.15) is 19.8 Å². The number of hydrogen-bond donors (Lipinski definition) is 1. The van der Waals surface area contributed by atoms with Crippen LogP contribution in [0.25, 0.3) is 0 Å². The summed E-state index contributed by atoms with van der Waals surface area (Å²) in [7, 11) is 2.16. The monoisotopic (exact) mass is 128 g/mol. The van der Waals surface area contributed by atoms with Gasteiger partial charge in [0.15, 0.2) is 0 Å². The number of nitrogens with zero attached hydrogens (tertiary/aromatic N) is 1. The van der Waals surface area contributed by atoms with E-state index in [9.17, 15) is 0 Å². The van der Waals surface area contributed by atoms with Gasteiger partial charge < -0.3 is 5.73 Å². The molecule has 2 heteroatoms. The zero-order valence-electron chi connectivity index (χ0n) is 6.30. The Morgan fingerprint density at radius 2 is 2.22 bits per heavy atom. The predicted molar refractivity (Wildman–Crippen MR) is 39.3 cm³/mol. The van der Waals surface area contributed by atoms with Crippen molar-refractivity contribution in [2.75, 3.05) is 13.6 Å². The van der Waals surface area contributed by atoms with E-state index in [1.54, 1.807) is 0 Å². The first-order valence-corrected chi connectivity index (χ1v) is 3.67.